The van der Waals surface area contributed by atoms with Gasteiger partial charge in [-0.15, -0.1) is 0 Å². The second-order valence-electron chi connectivity index (χ2n) is 11.2. The van der Waals surface area contributed by atoms with Crippen LogP contribution < -0.4 is 19.3 Å². The number of hydrogen-bond acceptors (Lipinski definition) is 7. The molecule has 0 spiro atoms. The van der Waals surface area contributed by atoms with Gasteiger partial charge in [0, 0.05) is 58.0 Å². The third kappa shape index (κ3) is 6.06. The first kappa shape index (κ1) is 28.0. The molecule has 42 heavy (non-hydrogen) atoms. The van der Waals surface area contributed by atoms with E-state index in [2.05, 4.69) is 20.9 Å². The van der Waals surface area contributed by atoms with E-state index in [4.69, 9.17) is 9.47 Å². The standard InChI is InChI=1S/C33H39N5O4/c1-41-29-22-28-26(21-30(29)42-24-25-9-3-2-4-10-25)23-38-27(12-13-32(38)39)33(40)37(28)16-8-7-15-35-17-19-36(20-18-35)31-11-5-6-14-34-31/h2-6,9-11,14,21-22,27H,7-8,12-13,15-20,23-24H2,1H3/t27-/m0/s1. The maximum atomic E-state index is 13.8. The van der Waals surface area contributed by atoms with Gasteiger partial charge in [-0.25, -0.2) is 4.98 Å². The molecule has 0 aliphatic carbocycles. The number of carbonyl (C=O) groups is 2. The van der Waals surface area contributed by atoms with Crippen molar-refractivity contribution >= 4 is 23.3 Å². The molecule has 2 saturated heterocycles. The van der Waals surface area contributed by atoms with Crippen molar-refractivity contribution in [3.8, 4) is 11.5 Å². The van der Waals surface area contributed by atoms with E-state index in [9.17, 15) is 9.59 Å². The van der Waals surface area contributed by atoms with Crippen molar-refractivity contribution in [3.63, 3.8) is 0 Å². The number of amides is 2. The highest BCUT2D eigenvalue weighted by atomic mass is 16.5. The molecule has 6 rings (SSSR count). The number of aromatic nitrogens is 1. The maximum absolute atomic E-state index is 13.8. The number of pyridine rings is 1. The topological polar surface area (TPSA) is 78.5 Å². The van der Waals surface area contributed by atoms with E-state index >= 15 is 0 Å². The number of hydrogen-bond donors (Lipinski definition) is 0. The van der Waals surface area contributed by atoms with Gasteiger partial charge in [-0.2, -0.15) is 0 Å². The molecule has 0 unspecified atom stereocenters. The fourth-order valence-electron chi connectivity index (χ4n) is 6.22. The molecular formula is C33H39N5O4. The molecule has 0 N–H and O–H groups in total. The van der Waals surface area contributed by atoms with E-state index in [-0.39, 0.29) is 11.8 Å². The van der Waals surface area contributed by atoms with Crippen LogP contribution in [0.5, 0.6) is 11.5 Å². The van der Waals surface area contributed by atoms with Crippen molar-refractivity contribution in [2.45, 2.75) is 44.9 Å². The Morgan fingerprint density at radius 1 is 0.905 bits per heavy atom. The van der Waals surface area contributed by atoms with Crippen molar-refractivity contribution in [1.29, 1.82) is 0 Å². The smallest absolute Gasteiger partial charge is 0.249 e. The van der Waals surface area contributed by atoms with E-state index < -0.39 is 6.04 Å². The number of carbonyl (C=O) groups excluding carboxylic acids is 2. The Balaban J connectivity index is 1.13. The van der Waals surface area contributed by atoms with E-state index in [0.29, 0.717) is 44.0 Å². The molecule has 3 aromatic rings. The fraction of sp³-hybridized carbons (Fsp3) is 0.424. The van der Waals surface area contributed by atoms with Crippen LogP contribution in [0.15, 0.2) is 66.9 Å². The van der Waals surface area contributed by atoms with Crippen LogP contribution in [-0.2, 0) is 22.7 Å². The predicted molar refractivity (Wildman–Crippen MR) is 162 cm³/mol. The number of rotatable bonds is 10. The van der Waals surface area contributed by atoms with Crippen LogP contribution in [0.1, 0.15) is 36.8 Å². The van der Waals surface area contributed by atoms with Gasteiger partial charge in [0.15, 0.2) is 11.5 Å². The van der Waals surface area contributed by atoms with Crippen LogP contribution in [0.3, 0.4) is 0 Å². The van der Waals surface area contributed by atoms with Crippen molar-refractivity contribution in [1.82, 2.24) is 14.8 Å². The molecule has 3 aliphatic rings. The maximum Gasteiger partial charge on any atom is 0.249 e. The minimum absolute atomic E-state index is 0.00332. The summed E-state index contributed by atoms with van der Waals surface area (Å²) in [6, 6.07) is 19.5. The summed E-state index contributed by atoms with van der Waals surface area (Å²) < 4.78 is 11.9. The lowest BCUT2D eigenvalue weighted by atomic mass is 10.1. The molecule has 0 saturated carbocycles. The van der Waals surface area contributed by atoms with Gasteiger partial charge in [0.1, 0.15) is 18.5 Å². The lowest BCUT2D eigenvalue weighted by Gasteiger charge is -2.35. The molecule has 2 amide bonds. The van der Waals surface area contributed by atoms with Crippen LogP contribution in [0, 0.1) is 0 Å². The monoisotopic (exact) mass is 569 g/mol. The zero-order valence-electron chi connectivity index (χ0n) is 24.3. The second-order valence-corrected chi connectivity index (χ2v) is 11.2. The summed E-state index contributed by atoms with van der Waals surface area (Å²) in [4.78, 5) is 39.6. The van der Waals surface area contributed by atoms with Crippen LogP contribution in [0.4, 0.5) is 11.5 Å². The molecule has 3 aliphatic heterocycles. The number of fused-ring (bicyclic) bond motifs is 2. The Kier molecular flexibility index (Phi) is 8.55. The van der Waals surface area contributed by atoms with Crippen LogP contribution in [-0.4, -0.2) is 79.0 Å². The van der Waals surface area contributed by atoms with Crippen molar-refractivity contribution < 1.29 is 19.1 Å². The van der Waals surface area contributed by atoms with Crippen molar-refractivity contribution in [3.05, 3.63) is 78.0 Å². The summed E-state index contributed by atoms with van der Waals surface area (Å²) in [5.41, 5.74) is 2.78. The van der Waals surface area contributed by atoms with Crippen molar-refractivity contribution in [2.24, 2.45) is 0 Å². The van der Waals surface area contributed by atoms with Crippen molar-refractivity contribution in [2.75, 3.05) is 56.2 Å². The van der Waals surface area contributed by atoms with E-state index in [1.165, 1.54) is 0 Å². The Morgan fingerprint density at radius 3 is 2.45 bits per heavy atom. The van der Waals surface area contributed by atoms with Gasteiger partial charge >= 0.3 is 0 Å². The molecule has 0 radical (unpaired) electrons. The molecular weight excluding hydrogens is 530 g/mol. The number of unbranched alkanes of at least 4 members (excludes halogenated alkanes) is 1. The Hall–Kier alpha value is -4.11. The average molecular weight is 570 g/mol. The summed E-state index contributed by atoms with van der Waals surface area (Å²) in [6.07, 6.45) is 4.69. The number of nitrogens with zero attached hydrogens (tertiary/aromatic N) is 5. The second kappa shape index (κ2) is 12.8. The highest BCUT2D eigenvalue weighted by Gasteiger charge is 2.42. The highest BCUT2D eigenvalue weighted by molar-refractivity contribution is 6.02. The number of methoxy groups -OCH3 is 1. The summed E-state index contributed by atoms with van der Waals surface area (Å²) >= 11 is 0. The normalized spacial score (nSPS) is 19.0. The summed E-state index contributed by atoms with van der Waals surface area (Å²) in [7, 11) is 1.62. The minimum atomic E-state index is -0.413. The average Bonchev–Trinajstić information content (AvgIpc) is 3.35. The fourth-order valence-corrected chi connectivity index (χ4v) is 6.22. The van der Waals surface area contributed by atoms with Gasteiger partial charge < -0.3 is 24.2 Å². The Morgan fingerprint density at radius 2 is 1.69 bits per heavy atom. The molecule has 9 heteroatoms. The zero-order chi connectivity index (χ0) is 28.9. The lowest BCUT2D eigenvalue weighted by Crippen LogP contribution is -2.47. The molecule has 2 fully saturated rings. The first-order valence-electron chi connectivity index (χ1n) is 15.0. The van der Waals surface area contributed by atoms with Gasteiger partial charge in [0.05, 0.1) is 12.8 Å². The van der Waals surface area contributed by atoms with Gasteiger partial charge in [0.25, 0.3) is 0 Å². The lowest BCUT2D eigenvalue weighted by molar-refractivity contribution is -0.134. The van der Waals surface area contributed by atoms with Crippen LogP contribution in [0.25, 0.3) is 0 Å². The molecule has 1 aromatic heterocycles. The summed E-state index contributed by atoms with van der Waals surface area (Å²) in [5, 5.41) is 0. The first-order chi connectivity index (χ1) is 20.6. The van der Waals surface area contributed by atoms with Gasteiger partial charge in [-0.1, -0.05) is 36.4 Å². The quantitative estimate of drug-likeness (QED) is 0.340. The van der Waals surface area contributed by atoms with Gasteiger partial charge in [0.2, 0.25) is 11.8 Å². The molecule has 4 heterocycles. The van der Waals surface area contributed by atoms with Gasteiger partial charge in [-0.3, -0.25) is 14.5 Å². The SMILES string of the molecule is COc1cc2c(cc1OCc1ccccc1)CN1C(=O)CC[C@H]1C(=O)N2CCCCN1CCN(c2ccccn2)CC1. The Bertz CT molecular complexity index is 1380. The molecule has 9 nitrogen and oxygen atoms in total. The third-order valence-corrected chi connectivity index (χ3v) is 8.56. The van der Waals surface area contributed by atoms with E-state index in [1.54, 1.807) is 12.0 Å². The number of ether oxygens (including phenoxy) is 2. The highest BCUT2D eigenvalue weighted by Crippen LogP contribution is 2.40. The van der Waals surface area contributed by atoms with Crippen LogP contribution >= 0.6 is 0 Å². The largest absolute Gasteiger partial charge is 0.493 e. The molecule has 220 valence electrons. The number of benzene rings is 2. The zero-order valence-corrected chi connectivity index (χ0v) is 24.3. The first-order valence-corrected chi connectivity index (χ1v) is 15.0. The molecule has 0 bridgehead atoms. The number of anilines is 2. The summed E-state index contributed by atoms with van der Waals surface area (Å²) in [5.74, 6) is 2.28. The predicted octanol–water partition coefficient (Wildman–Crippen LogP) is 4.11. The summed E-state index contributed by atoms with van der Waals surface area (Å²) in [6.45, 7) is 6.34. The molecule has 2 aromatic carbocycles. The Labute approximate surface area is 247 Å². The van der Waals surface area contributed by atoms with E-state index in [0.717, 1.165) is 68.2 Å². The third-order valence-electron chi connectivity index (χ3n) is 8.56. The van der Waals surface area contributed by atoms with E-state index in [1.807, 2.05) is 65.7 Å². The minimum Gasteiger partial charge on any atom is -0.493 e. The number of piperazine rings is 1. The van der Waals surface area contributed by atoms with Crippen LogP contribution in [0.2, 0.25) is 0 Å². The molecule has 1 atom stereocenters. The van der Waals surface area contributed by atoms with Gasteiger partial charge in [-0.05, 0) is 55.1 Å².